The Hall–Kier alpha value is -1.71. The molecule has 4 heteroatoms. The highest BCUT2D eigenvalue weighted by molar-refractivity contribution is 5.98. The molecule has 0 saturated carbocycles. The van der Waals surface area contributed by atoms with E-state index in [4.69, 9.17) is 4.74 Å². The van der Waals surface area contributed by atoms with E-state index in [2.05, 4.69) is 0 Å². The molecule has 1 rings (SSSR count). The van der Waals surface area contributed by atoms with Gasteiger partial charge >= 0.3 is 5.97 Å². The monoisotopic (exact) mass is 210 g/mol. The summed E-state index contributed by atoms with van der Waals surface area (Å²) in [6.45, 7) is 3.36. The molecule has 80 valence electrons. The molecule has 0 aromatic heterocycles. The van der Waals surface area contributed by atoms with Gasteiger partial charge in [-0.15, -0.1) is 0 Å². The van der Waals surface area contributed by atoms with Crippen LogP contribution in [0.3, 0.4) is 0 Å². The van der Waals surface area contributed by atoms with Gasteiger partial charge in [0.2, 0.25) is 0 Å². The van der Waals surface area contributed by atoms with E-state index >= 15 is 0 Å². The van der Waals surface area contributed by atoms with E-state index in [0.29, 0.717) is 6.29 Å². The van der Waals surface area contributed by atoms with E-state index in [-0.39, 0.29) is 17.2 Å². The fraction of sp³-hybridized carbons (Fsp3) is 0.273. The maximum atomic E-state index is 13.1. The van der Waals surface area contributed by atoms with Crippen LogP contribution in [-0.2, 0) is 4.74 Å². The quantitative estimate of drug-likeness (QED) is 0.567. The van der Waals surface area contributed by atoms with Crippen LogP contribution in [0, 0.1) is 5.82 Å². The summed E-state index contributed by atoms with van der Waals surface area (Å²) in [6, 6.07) is 3.84. The van der Waals surface area contributed by atoms with Crippen molar-refractivity contribution in [2.24, 2.45) is 0 Å². The Morgan fingerprint density at radius 1 is 1.47 bits per heavy atom. The van der Waals surface area contributed by atoms with Gasteiger partial charge in [0.25, 0.3) is 0 Å². The van der Waals surface area contributed by atoms with Gasteiger partial charge in [-0.2, -0.15) is 0 Å². The Morgan fingerprint density at radius 3 is 2.67 bits per heavy atom. The summed E-state index contributed by atoms with van der Waals surface area (Å²) in [5.41, 5.74) is -0.304. The third kappa shape index (κ3) is 2.62. The van der Waals surface area contributed by atoms with Crippen molar-refractivity contribution in [3.63, 3.8) is 0 Å². The minimum atomic E-state index is -0.719. The second-order valence-electron chi connectivity index (χ2n) is 3.27. The van der Waals surface area contributed by atoms with Crippen LogP contribution in [0.1, 0.15) is 34.6 Å². The minimum absolute atomic E-state index is 0.0429. The van der Waals surface area contributed by atoms with Crippen LogP contribution in [0.15, 0.2) is 18.2 Å². The number of rotatable bonds is 3. The summed E-state index contributed by atoms with van der Waals surface area (Å²) in [6.07, 6.45) is 0.00645. The molecule has 0 unspecified atom stereocenters. The summed E-state index contributed by atoms with van der Waals surface area (Å²) in [4.78, 5) is 22.0. The van der Waals surface area contributed by atoms with E-state index < -0.39 is 11.8 Å². The molecule has 0 atom stereocenters. The number of aldehydes is 1. The molecule has 0 fully saturated rings. The van der Waals surface area contributed by atoms with Crippen molar-refractivity contribution in [1.82, 2.24) is 0 Å². The third-order valence-electron chi connectivity index (χ3n) is 1.73. The predicted molar refractivity (Wildman–Crippen MR) is 52.3 cm³/mol. The largest absolute Gasteiger partial charge is 0.459 e. The van der Waals surface area contributed by atoms with Gasteiger partial charge in [-0.3, -0.25) is 4.79 Å². The smallest absolute Gasteiger partial charge is 0.339 e. The number of hydrogen-bond acceptors (Lipinski definition) is 3. The van der Waals surface area contributed by atoms with Gasteiger partial charge in [-0.1, -0.05) is 6.07 Å². The van der Waals surface area contributed by atoms with Gasteiger partial charge < -0.3 is 4.74 Å². The molecule has 1 aromatic rings. The number of ether oxygens (including phenoxy) is 1. The highest BCUT2D eigenvalue weighted by atomic mass is 19.1. The number of halogens is 1. The molecule has 0 spiro atoms. The topological polar surface area (TPSA) is 43.4 Å². The molecule has 0 aliphatic rings. The lowest BCUT2D eigenvalue weighted by molar-refractivity contribution is 0.0375. The second kappa shape index (κ2) is 4.68. The maximum absolute atomic E-state index is 13.1. The Labute approximate surface area is 86.9 Å². The first-order valence-electron chi connectivity index (χ1n) is 4.51. The van der Waals surface area contributed by atoms with Crippen LogP contribution in [0.5, 0.6) is 0 Å². The van der Waals surface area contributed by atoms with Gasteiger partial charge in [0.05, 0.1) is 17.2 Å². The first-order chi connectivity index (χ1) is 7.06. The van der Waals surface area contributed by atoms with Gasteiger partial charge in [0.15, 0.2) is 6.29 Å². The number of carbonyl (C=O) groups excluding carboxylic acids is 2. The van der Waals surface area contributed by atoms with Crippen molar-refractivity contribution >= 4 is 12.3 Å². The average molecular weight is 210 g/mol. The summed E-state index contributed by atoms with van der Waals surface area (Å²) < 4.78 is 18.0. The van der Waals surface area contributed by atoms with Gasteiger partial charge in [-0.25, -0.2) is 9.18 Å². The number of carbonyl (C=O) groups is 2. The van der Waals surface area contributed by atoms with Crippen molar-refractivity contribution in [2.75, 3.05) is 0 Å². The molecule has 1 aromatic carbocycles. The summed E-state index contributed by atoms with van der Waals surface area (Å²) in [7, 11) is 0. The van der Waals surface area contributed by atoms with Crippen LogP contribution in [0.25, 0.3) is 0 Å². The molecule has 0 amide bonds. The standard InChI is InChI=1S/C11H11FO3/c1-7(2)15-11(14)8-4-3-5-10(12)9(8)6-13/h3-7H,1-2H3. The van der Waals surface area contributed by atoms with E-state index in [9.17, 15) is 14.0 Å². The SMILES string of the molecule is CC(C)OC(=O)c1cccc(F)c1C=O. The van der Waals surface area contributed by atoms with Crippen molar-refractivity contribution in [1.29, 1.82) is 0 Å². The van der Waals surface area contributed by atoms with E-state index in [1.165, 1.54) is 12.1 Å². The fourth-order valence-electron chi connectivity index (χ4n) is 1.11. The first kappa shape index (κ1) is 11.4. The number of esters is 1. The molecular formula is C11H11FO3. The second-order valence-corrected chi connectivity index (χ2v) is 3.27. The molecule has 3 nitrogen and oxygen atoms in total. The van der Waals surface area contributed by atoms with Crippen molar-refractivity contribution < 1.29 is 18.7 Å². The lowest BCUT2D eigenvalue weighted by atomic mass is 10.1. The predicted octanol–water partition coefficient (Wildman–Crippen LogP) is 2.20. The molecule has 0 saturated heterocycles. The minimum Gasteiger partial charge on any atom is -0.459 e. The summed E-state index contributed by atoms with van der Waals surface area (Å²) >= 11 is 0. The summed E-state index contributed by atoms with van der Waals surface area (Å²) in [5.74, 6) is -1.41. The Morgan fingerprint density at radius 2 is 2.13 bits per heavy atom. The Kier molecular flexibility index (Phi) is 3.55. The van der Waals surface area contributed by atoms with Gasteiger partial charge in [-0.05, 0) is 26.0 Å². The van der Waals surface area contributed by atoms with Crippen LogP contribution in [0.2, 0.25) is 0 Å². The highest BCUT2D eigenvalue weighted by Gasteiger charge is 2.16. The Bertz CT molecular complexity index is 385. The molecule has 0 aliphatic heterocycles. The lowest BCUT2D eigenvalue weighted by Gasteiger charge is -2.09. The fourth-order valence-corrected chi connectivity index (χ4v) is 1.11. The third-order valence-corrected chi connectivity index (χ3v) is 1.73. The van der Waals surface area contributed by atoms with Crippen LogP contribution < -0.4 is 0 Å². The normalized spacial score (nSPS) is 10.1. The summed E-state index contributed by atoms with van der Waals surface area (Å²) in [5, 5.41) is 0. The van der Waals surface area contributed by atoms with Crippen LogP contribution in [-0.4, -0.2) is 18.4 Å². The van der Waals surface area contributed by atoms with E-state index in [0.717, 1.165) is 6.07 Å². The molecular weight excluding hydrogens is 199 g/mol. The molecule has 15 heavy (non-hydrogen) atoms. The zero-order chi connectivity index (χ0) is 11.4. The lowest BCUT2D eigenvalue weighted by Crippen LogP contribution is -2.14. The van der Waals surface area contributed by atoms with Crippen molar-refractivity contribution in [3.05, 3.63) is 35.1 Å². The Balaban J connectivity index is 3.08. The van der Waals surface area contributed by atoms with Crippen LogP contribution >= 0.6 is 0 Å². The number of hydrogen-bond donors (Lipinski definition) is 0. The van der Waals surface area contributed by atoms with E-state index in [1.807, 2.05) is 0 Å². The van der Waals surface area contributed by atoms with Gasteiger partial charge in [0.1, 0.15) is 5.82 Å². The van der Waals surface area contributed by atoms with Gasteiger partial charge in [0, 0.05) is 0 Å². The van der Waals surface area contributed by atoms with Crippen molar-refractivity contribution in [3.8, 4) is 0 Å². The zero-order valence-electron chi connectivity index (χ0n) is 8.49. The molecule has 0 aliphatic carbocycles. The van der Waals surface area contributed by atoms with Crippen LogP contribution in [0.4, 0.5) is 4.39 Å². The first-order valence-corrected chi connectivity index (χ1v) is 4.51. The highest BCUT2D eigenvalue weighted by Crippen LogP contribution is 2.13. The average Bonchev–Trinajstić information content (AvgIpc) is 2.16. The van der Waals surface area contributed by atoms with Crippen molar-refractivity contribution in [2.45, 2.75) is 20.0 Å². The molecule has 0 radical (unpaired) electrons. The maximum Gasteiger partial charge on any atom is 0.339 e. The molecule has 0 N–H and O–H groups in total. The van der Waals surface area contributed by atoms with E-state index in [1.54, 1.807) is 13.8 Å². The molecule has 0 bridgehead atoms. The molecule has 0 heterocycles. The zero-order valence-corrected chi connectivity index (χ0v) is 8.49. The number of benzene rings is 1.